The van der Waals surface area contributed by atoms with Crippen LogP contribution in [-0.2, 0) is 13.2 Å². The minimum atomic E-state index is -0.116. The maximum Gasteiger partial charge on any atom is 0.253 e. The minimum Gasteiger partial charge on any atom is -0.462 e. The van der Waals surface area contributed by atoms with Crippen molar-refractivity contribution < 1.29 is 23.8 Å². The lowest BCUT2D eigenvalue weighted by Crippen LogP contribution is -2.35. The van der Waals surface area contributed by atoms with Gasteiger partial charge in [0.05, 0.1) is 17.6 Å². The molecule has 1 saturated heterocycles. The number of hydrogen-bond acceptors (Lipinski definition) is 8. The van der Waals surface area contributed by atoms with Crippen LogP contribution in [0, 0.1) is 0 Å². The molecule has 1 N–H and O–H groups in total. The van der Waals surface area contributed by atoms with E-state index in [2.05, 4.69) is 38.6 Å². The SMILES string of the molecule is CN(CC(CCN1CCCN(c2nc3ccccc3n2Cc2ccc(CO)o2)CC1)c1ccc2c(c1)OCO2)C(=O)c1ccccc1. The van der Waals surface area contributed by atoms with Gasteiger partial charge in [0.2, 0.25) is 12.7 Å². The van der Waals surface area contributed by atoms with Crippen molar-refractivity contribution in [3.8, 4) is 11.5 Å². The number of fused-ring (bicyclic) bond motifs is 2. The van der Waals surface area contributed by atoms with Gasteiger partial charge in [-0.15, -0.1) is 0 Å². The fraction of sp³-hybridized carbons (Fsp3) is 0.351. The molecule has 10 heteroatoms. The van der Waals surface area contributed by atoms with Crippen LogP contribution < -0.4 is 14.4 Å². The van der Waals surface area contributed by atoms with E-state index in [-0.39, 0.29) is 25.2 Å². The van der Waals surface area contributed by atoms with Crippen molar-refractivity contribution in [2.45, 2.75) is 31.9 Å². The first-order valence-corrected chi connectivity index (χ1v) is 16.4. The molecule has 1 atom stereocenters. The Balaban J connectivity index is 1.05. The van der Waals surface area contributed by atoms with E-state index < -0.39 is 0 Å². The number of likely N-dealkylation sites (N-methyl/N-ethyl adjacent to an activating group) is 1. The lowest BCUT2D eigenvalue weighted by Gasteiger charge is -2.28. The van der Waals surface area contributed by atoms with Crippen LogP contribution in [0.1, 0.15) is 46.2 Å². The summed E-state index contributed by atoms with van der Waals surface area (Å²) in [5.74, 6) is 3.97. The van der Waals surface area contributed by atoms with E-state index in [1.165, 1.54) is 0 Å². The van der Waals surface area contributed by atoms with Crippen molar-refractivity contribution >= 4 is 22.9 Å². The Kier molecular flexibility index (Phi) is 9.12. The normalized spacial score (nSPS) is 15.6. The number of nitrogens with zero attached hydrogens (tertiary/aromatic N) is 5. The smallest absolute Gasteiger partial charge is 0.253 e. The predicted molar refractivity (Wildman–Crippen MR) is 180 cm³/mol. The van der Waals surface area contributed by atoms with Gasteiger partial charge in [0.1, 0.15) is 18.1 Å². The molecule has 2 aliphatic rings. The number of ether oxygens (including phenoxy) is 2. The second-order valence-electron chi connectivity index (χ2n) is 12.3. The molecule has 4 heterocycles. The molecule has 0 spiro atoms. The number of aromatic nitrogens is 2. The number of amides is 1. The molecule has 0 aliphatic carbocycles. The summed E-state index contributed by atoms with van der Waals surface area (Å²) in [6.07, 6.45) is 1.91. The number of aliphatic hydroxyl groups is 1. The summed E-state index contributed by atoms with van der Waals surface area (Å²) in [6.45, 7) is 5.82. The highest BCUT2D eigenvalue weighted by Gasteiger charge is 2.25. The third kappa shape index (κ3) is 6.84. The van der Waals surface area contributed by atoms with Crippen LogP contribution in [-0.4, -0.2) is 83.5 Å². The summed E-state index contributed by atoms with van der Waals surface area (Å²) in [5.41, 5.74) is 3.86. The second-order valence-corrected chi connectivity index (χ2v) is 12.3. The van der Waals surface area contributed by atoms with Crippen LogP contribution in [0.3, 0.4) is 0 Å². The Morgan fingerprint density at radius 2 is 1.72 bits per heavy atom. The van der Waals surface area contributed by atoms with Gasteiger partial charge in [0, 0.05) is 44.7 Å². The number of carbonyl (C=O) groups excluding carboxylic acids is 1. The van der Waals surface area contributed by atoms with Gasteiger partial charge >= 0.3 is 0 Å². The Hall–Kier alpha value is -4.80. The van der Waals surface area contributed by atoms with Crippen molar-refractivity contribution in [1.29, 1.82) is 0 Å². The number of anilines is 1. The highest BCUT2D eigenvalue weighted by atomic mass is 16.7. The first-order chi connectivity index (χ1) is 23.1. The fourth-order valence-electron chi connectivity index (χ4n) is 6.69. The molecular weight excluding hydrogens is 594 g/mol. The molecule has 0 radical (unpaired) electrons. The topological polar surface area (TPSA) is 96.4 Å². The van der Waals surface area contributed by atoms with Crippen LogP contribution in [0.5, 0.6) is 11.5 Å². The quantitative estimate of drug-likeness (QED) is 0.207. The summed E-state index contributed by atoms with van der Waals surface area (Å²) in [7, 11) is 1.89. The van der Waals surface area contributed by atoms with E-state index in [4.69, 9.17) is 18.9 Å². The Labute approximate surface area is 274 Å². The zero-order valence-electron chi connectivity index (χ0n) is 26.8. The molecule has 10 nitrogen and oxygen atoms in total. The fourth-order valence-corrected chi connectivity index (χ4v) is 6.69. The summed E-state index contributed by atoms with van der Waals surface area (Å²) in [5, 5.41) is 9.50. The maximum absolute atomic E-state index is 13.3. The third-order valence-corrected chi connectivity index (χ3v) is 9.22. The minimum absolute atomic E-state index is 0.0202. The van der Waals surface area contributed by atoms with Crippen LogP contribution in [0.4, 0.5) is 5.95 Å². The highest BCUT2D eigenvalue weighted by Crippen LogP contribution is 2.36. The van der Waals surface area contributed by atoms with E-state index in [0.717, 1.165) is 85.4 Å². The van der Waals surface area contributed by atoms with E-state index in [0.29, 0.717) is 24.4 Å². The number of benzene rings is 3. The molecule has 3 aromatic carbocycles. The molecule has 2 aromatic heterocycles. The molecule has 7 rings (SSSR count). The van der Waals surface area contributed by atoms with Gasteiger partial charge in [-0.25, -0.2) is 4.98 Å². The molecule has 5 aromatic rings. The van der Waals surface area contributed by atoms with E-state index in [9.17, 15) is 9.90 Å². The number of para-hydroxylation sites is 2. The molecule has 1 amide bonds. The standard InChI is InChI=1S/C37H41N5O5/c1-39(36(44)27-8-3-2-4-9-27)23-29(28-12-15-34-35(22-28)46-26-45-34)16-19-40-17-7-18-41(21-20-40)37-38-32-10-5-6-11-33(32)42(37)24-30-13-14-31(25-43)47-30/h2-6,8-15,22,29,43H,7,16-21,23-26H2,1H3. The number of furan rings is 1. The van der Waals surface area contributed by atoms with E-state index >= 15 is 0 Å². The lowest BCUT2D eigenvalue weighted by molar-refractivity contribution is 0.0782. The van der Waals surface area contributed by atoms with Crippen molar-refractivity contribution in [3.05, 3.63) is 108 Å². The zero-order valence-corrected chi connectivity index (χ0v) is 26.8. The molecule has 1 fully saturated rings. The van der Waals surface area contributed by atoms with Gasteiger partial charge in [0.15, 0.2) is 11.5 Å². The second kappa shape index (κ2) is 13.9. The monoisotopic (exact) mass is 635 g/mol. The van der Waals surface area contributed by atoms with Gasteiger partial charge in [-0.1, -0.05) is 36.4 Å². The molecule has 47 heavy (non-hydrogen) atoms. The molecule has 0 bridgehead atoms. The Morgan fingerprint density at radius 3 is 2.57 bits per heavy atom. The van der Waals surface area contributed by atoms with Gasteiger partial charge in [0.25, 0.3) is 5.91 Å². The van der Waals surface area contributed by atoms with Crippen LogP contribution in [0.25, 0.3) is 11.0 Å². The summed E-state index contributed by atoms with van der Waals surface area (Å²) in [4.78, 5) is 25.1. The molecule has 244 valence electrons. The van der Waals surface area contributed by atoms with Gasteiger partial charge in [-0.2, -0.15) is 0 Å². The number of rotatable bonds is 11. The van der Waals surface area contributed by atoms with E-state index in [1.54, 1.807) is 0 Å². The van der Waals surface area contributed by atoms with Crippen LogP contribution in [0.2, 0.25) is 0 Å². The van der Waals surface area contributed by atoms with Gasteiger partial charge in [-0.3, -0.25) is 4.79 Å². The zero-order chi connectivity index (χ0) is 32.2. The number of hydrogen-bond donors (Lipinski definition) is 1. The largest absolute Gasteiger partial charge is 0.462 e. The van der Waals surface area contributed by atoms with Gasteiger partial charge < -0.3 is 38.3 Å². The lowest BCUT2D eigenvalue weighted by atomic mass is 9.94. The van der Waals surface area contributed by atoms with Crippen LogP contribution in [0.15, 0.2) is 89.3 Å². The number of aliphatic hydroxyl groups excluding tert-OH is 1. The molecule has 2 aliphatic heterocycles. The molecule has 0 saturated carbocycles. The summed E-state index contributed by atoms with van der Waals surface area (Å²) in [6, 6.07) is 27.6. The number of imidazole rings is 1. The average molecular weight is 636 g/mol. The van der Waals surface area contributed by atoms with Crippen molar-refractivity contribution in [2.24, 2.45) is 0 Å². The number of carbonyl (C=O) groups is 1. The Bertz CT molecular complexity index is 1820. The first kappa shape index (κ1) is 30.8. The van der Waals surface area contributed by atoms with Crippen LogP contribution >= 0.6 is 0 Å². The van der Waals surface area contributed by atoms with E-state index in [1.807, 2.05) is 72.6 Å². The summed E-state index contributed by atoms with van der Waals surface area (Å²) < 4.78 is 19.4. The average Bonchev–Trinajstić information content (AvgIpc) is 3.82. The first-order valence-electron chi connectivity index (χ1n) is 16.4. The van der Waals surface area contributed by atoms with Crippen molar-refractivity contribution in [2.75, 3.05) is 58.0 Å². The molecule has 1 unspecified atom stereocenters. The third-order valence-electron chi connectivity index (χ3n) is 9.22. The maximum atomic E-state index is 13.3. The predicted octanol–water partition coefficient (Wildman–Crippen LogP) is 5.36. The highest BCUT2D eigenvalue weighted by molar-refractivity contribution is 5.94. The van der Waals surface area contributed by atoms with Crippen molar-refractivity contribution in [3.63, 3.8) is 0 Å². The summed E-state index contributed by atoms with van der Waals surface area (Å²) >= 11 is 0. The Morgan fingerprint density at radius 1 is 0.915 bits per heavy atom. The van der Waals surface area contributed by atoms with Crippen molar-refractivity contribution in [1.82, 2.24) is 19.4 Å². The molecular formula is C37H41N5O5. The van der Waals surface area contributed by atoms with Gasteiger partial charge in [-0.05, 0) is 80.0 Å².